The van der Waals surface area contributed by atoms with Crippen LogP contribution in [0.3, 0.4) is 0 Å². The number of hydrazine groups is 1. The molecule has 9 heteroatoms. The van der Waals surface area contributed by atoms with Gasteiger partial charge >= 0.3 is 0 Å². The minimum atomic E-state index is -0.843. The van der Waals surface area contributed by atoms with Crippen molar-refractivity contribution in [3.8, 4) is 11.4 Å². The highest BCUT2D eigenvalue weighted by molar-refractivity contribution is 5.93. The molecule has 20 heavy (non-hydrogen) atoms. The second kappa shape index (κ2) is 6.99. The molecule has 106 valence electrons. The van der Waals surface area contributed by atoms with Crippen LogP contribution < -0.4 is 33.6 Å². The number of benzene rings is 1. The number of hydrogen-bond donors (Lipinski definition) is 4. The summed E-state index contributed by atoms with van der Waals surface area (Å²) >= 11 is 0. The monoisotopic (exact) mass is 278 g/mol. The van der Waals surface area contributed by atoms with Gasteiger partial charge in [0.2, 0.25) is 0 Å². The first-order valence-electron chi connectivity index (χ1n) is 5.42. The zero-order valence-corrected chi connectivity index (χ0v) is 10.4. The van der Waals surface area contributed by atoms with Gasteiger partial charge in [0, 0.05) is 0 Å². The maximum absolute atomic E-state index is 11.6. The topological polar surface area (TPSA) is 167 Å². The number of nitrogens with two attached hydrogens (primary N) is 2. The van der Waals surface area contributed by atoms with Gasteiger partial charge < -0.3 is 5.11 Å². The van der Waals surface area contributed by atoms with E-state index in [1.54, 1.807) is 35.8 Å². The van der Waals surface area contributed by atoms with E-state index in [-0.39, 0.29) is 0 Å². The average molecular weight is 278 g/mol. The molecule has 2 aromatic rings. The van der Waals surface area contributed by atoms with Gasteiger partial charge in [0.25, 0.3) is 11.5 Å². The Labute approximate surface area is 113 Å². The molecule has 1 amide bonds. The summed E-state index contributed by atoms with van der Waals surface area (Å²) in [6.07, 6.45) is 0. The molecule has 0 spiro atoms. The molecule has 0 aliphatic carbocycles. The van der Waals surface area contributed by atoms with Crippen molar-refractivity contribution in [3.63, 3.8) is 0 Å². The van der Waals surface area contributed by atoms with Crippen molar-refractivity contribution in [3.05, 3.63) is 52.4 Å². The Bertz CT molecular complexity index is 640. The van der Waals surface area contributed by atoms with Crippen LogP contribution in [-0.2, 0) is 0 Å². The zero-order chi connectivity index (χ0) is 15.1. The molecule has 1 aromatic carbocycles. The Balaban J connectivity index is 0.000000956. The van der Waals surface area contributed by atoms with Gasteiger partial charge in [0.1, 0.15) is 5.69 Å². The summed E-state index contributed by atoms with van der Waals surface area (Å²) in [4.78, 5) is 23.0. The molecule has 2 rings (SSSR count). The van der Waals surface area contributed by atoms with Gasteiger partial charge in [0.15, 0.2) is 0 Å². The van der Waals surface area contributed by atoms with Gasteiger partial charge in [-0.05, 0) is 18.2 Å². The number of carbonyl (C=O) groups excluding carboxylic acids is 1. The normalized spacial score (nSPS) is 9.35. The van der Waals surface area contributed by atoms with Gasteiger partial charge in [-0.2, -0.15) is 15.6 Å². The Morgan fingerprint density at radius 1 is 1.30 bits per heavy atom. The first-order chi connectivity index (χ1) is 9.63. The van der Waals surface area contributed by atoms with Gasteiger partial charge in [-0.3, -0.25) is 20.9 Å². The van der Waals surface area contributed by atoms with Crippen LogP contribution in [0, 0.1) is 0 Å². The van der Waals surface area contributed by atoms with E-state index in [0.29, 0.717) is 5.69 Å². The molecule has 1 heterocycles. The summed E-state index contributed by atoms with van der Waals surface area (Å²) in [6.45, 7) is 0. The van der Waals surface area contributed by atoms with Crippen molar-refractivity contribution in [1.82, 2.24) is 15.2 Å². The van der Waals surface area contributed by atoms with E-state index in [1.165, 1.54) is 0 Å². The minimum Gasteiger partial charge on any atom is -0.871 e. The molecule has 0 saturated carbocycles. The van der Waals surface area contributed by atoms with Crippen LogP contribution in [0.2, 0.25) is 0 Å². The lowest BCUT2D eigenvalue weighted by Gasteiger charge is -2.13. The Kier molecular flexibility index (Phi) is 5.35. The van der Waals surface area contributed by atoms with Crippen molar-refractivity contribution >= 4 is 5.91 Å². The Hall–Kier alpha value is -2.75. The lowest BCUT2D eigenvalue weighted by Crippen LogP contribution is -2.59. The van der Waals surface area contributed by atoms with Crippen LogP contribution in [-0.4, -0.2) is 15.7 Å². The molecule has 9 nitrogen and oxygen atoms in total. The summed E-state index contributed by atoms with van der Waals surface area (Å²) in [5.74, 6) is 10.3. The van der Waals surface area contributed by atoms with Gasteiger partial charge in [0.05, 0.1) is 5.69 Å². The summed E-state index contributed by atoms with van der Waals surface area (Å²) < 4.78 is 0.964. The van der Waals surface area contributed by atoms with Crippen LogP contribution in [0.5, 0.6) is 5.75 Å². The quantitative estimate of drug-likeness (QED) is 0.259. The molecular formula is C11H14N6O3. The van der Waals surface area contributed by atoms with Crippen LogP contribution in [0.25, 0.3) is 5.69 Å². The fraction of sp³-hybridized carbons (Fsp3) is 0. The Morgan fingerprint density at radius 2 is 1.90 bits per heavy atom. The highest BCUT2D eigenvalue weighted by Crippen LogP contribution is 2.09. The van der Waals surface area contributed by atoms with Gasteiger partial charge in [-0.1, -0.05) is 23.9 Å². The molecule has 1 aromatic heterocycles. The van der Waals surface area contributed by atoms with Gasteiger partial charge in [-0.25, -0.2) is 5.84 Å². The van der Waals surface area contributed by atoms with Crippen molar-refractivity contribution in [1.29, 1.82) is 0 Å². The molecule has 0 atom stereocenters. The number of nitrogen functional groups attached to an aromatic ring is 1. The van der Waals surface area contributed by atoms with E-state index < -0.39 is 22.9 Å². The number of rotatable bonds is 2. The number of amides is 1. The predicted octanol–water partition coefficient (Wildman–Crippen LogP) is -2.99. The van der Waals surface area contributed by atoms with Crippen LogP contribution in [0.4, 0.5) is 0 Å². The van der Waals surface area contributed by atoms with E-state index >= 15 is 0 Å². The molecule has 0 bridgehead atoms. The number of hydrogen-bond acceptors (Lipinski definition) is 6. The second-order valence-electron chi connectivity index (χ2n) is 3.42. The van der Waals surface area contributed by atoms with Crippen LogP contribution in [0.1, 0.15) is 10.5 Å². The van der Waals surface area contributed by atoms with E-state index in [9.17, 15) is 14.7 Å². The highest BCUT2D eigenvalue weighted by atomic mass is 16.3. The molecule has 0 saturated heterocycles. The maximum Gasteiger partial charge on any atom is 0.284 e. The zero-order valence-electron chi connectivity index (χ0n) is 10.4. The van der Waals surface area contributed by atoms with Crippen LogP contribution >= 0.6 is 0 Å². The van der Waals surface area contributed by atoms with E-state index in [4.69, 9.17) is 5.84 Å². The number of aromatic nitrogens is 2. The molecule has 0 aliphatic heterocycles. The van der Waals surface area contributed by atoms with Crippen molar-refractivity contribution < 1.29 is 15.7 Å². The lowest BCUT2D eigenvalue weighted by molar-refractivity contribution is -0.379. The smallest absolute Gasteiger partial charge is 0.284 e. The number of quaternary nitrogens is 1. The molecule has 8 N–H and O–H groups in total. The number of para-hydroxylation sites is 1. The van der Waals surface area contributed by atoms with Crippen molar-refractivity contribution in [2.45, 2.75) is 0 Å². The number of nitrogens with one attached hydrogen (secondary N) is 1. The third-order valence-electron chi connectivity index (χ3n) is 2.24. The average Bonchev–Trinajstić information content (AvgIpc) is 2.49. The minimum absolute atomic E-state index is 0.430. The fourth-order valence-corrected chi connectivity index (χ4v) is 1.42. The molecular weight excluding hydrogens is 264 g/mol. The summed E-state index contributed by atoms with van der Waals surface area (Å²) in [5, 5.41) is 15.1. The molecule has 0 radical (unpaired) electrons. The largest absolute Gasteiger partial charge is 0.871 e. The Morgan fingerprint density at radius 3 is 2.45 bits per heavy atom. The maximum atomic E-state index is 11.6. The third-order valence-corrected chi connectivity index (χ3v) is 2.24. The highest BCUT2D eigenvalue weighted by Gasteiger charge is 2.10. The van der Waals surface area contributed by atoms with Crippen molar-refractivity contribution in [2.75, 3.05) is 0 Å². The van der Waals surface area contributed by atoms with E-state index in [2.05, 4.69) is 16.8 Å². The first-order valence-corrected chi connectivity index (χ1v) is 5.42. The third kappa shape index (κ3) is 3.17. The fourth-order valence-electron chi connectivity index (χ4n) is 1.42. The van der Waals surface area contributed by atoms with E-state index in [1.807, 2.05) is 0 Å². The molecule has 0 unspecified atom stereocenters. The van der Waals surface area contributed by atoms with Crippen LogP contribution in [0.15, 0.2) is 41.2 Å². The number of carbonyl (C=O) groups is 1. The molecule has 0 fully saturated rings. The summed E-state index contributed by atoms with van der Waals surface area (Å²) in [5.41, 5.74) is 1.21. The van der Waals surface area contributed by atoms with Crippen molar-refractivity contribution in [2.24, 2.45) is 11.7 Å². The number of nitrogens with zero attached hydrogens (tertiary/aromatic N) is 2. The second-order valence-corrected chi connectivity index (χ2v) is 3.42. The first kappa shape index (κ1) is 15.3. The van der Waals surface area contributed by atoms with Gasteiger partial charge in [-0.15, -0.1) is 0 Å². The SMILES string of the molecule is NNC(=O)c1nn(-c2ccccc2)c(=O)cc1[O-].N[NH3+]. The van der Waals surface area contributed by atoms with E-state index in [0.717, 1.165) is 10.7 Å². The summed E-state index contributed by atoms with van der Waals surface area (Å²) in [7, 11) is 0. The lowest BCUT2D eigenvalue weighted by atomic mass is 10.3. The summed E-state index contributed by atoms with van der Waals surface area (Å²) in [6, 6.07) is 9.23. The standard InChI is InChI=1S/C11H10N4O3.H4N2/c12-13-11(18)10-8(16)6-9(17)15(14-10)7-4-2-1-3-5-7;1-2/h1-6,16H,12H2,(H,13,18);1-2H2. The predicted molar refractivity (Wildman–Crippen MR) is 68.0 cm³/mol. The molecule has 0 aliphatic rings.